The number of fused-ring (bicyclic) bond motifs is 3. The minimum Gasteiger partial charge on any atom is -0.494 e. The third kappa shape index (κ3) is 4.45. The molecule has 23 heavy (non-hydrogen) atoms. The van der Waals surface area contributed by atoms with E-state index in [0.29, 0.717) is 25.0 Å². The zero-order valence-electron chi connectivity index (χ0n) is 13.8. The summed E-state index contributed by atoms with van der Waals surface area (Å²) in [7, 11) is 2.13. The Morgan fingerprint density at radius 3 is 2.87 bits per heavy atom. The monoisotopic (exact) mass is 318 g/mol. The average molecular weight is 318 g/mol. The number of para-hydroxylation sites is 1. The normalized spacial score (nSPS) is 25.0. The molecule has 2 fully saturated rings. The Morgan fingerprint density at radius 1 is 1.22 bits per heavy atom. The van der Waals surface area contributed by atoms with Crippen molar-refractivity contribution in [3.63, 3.8) is 0 Å². The molecule has 0 aromatic heterocycles. The van der Waals surface area contributed by atoms with E-state index in [1.54, 1.807) is 0 Å². The Balaban J connectivity index is 1.45. The molecule has 0 aliphatic carbocycles. The molecule has 2 heterocycles. The van der Waals surface area contributed by atoms with Gasteiger partial charge in [-0.3, -0.25) is 9.69 Å². The summed E-state index contributed by atoms with van der Waals surface area (Å²) < 4.78 is 11.4. The summed E-state index contributed by atoms with van der Waals surface area (Å²) in [6.07, 6.45) is 1.31. The van der Waals surface area contributed by atoms with Crippen LogP contribution in [-0.2, 0) is 9.53 Å². The molecule has 126 valence electrons. The number of hydrogen-bond donors (Lipinski definition) is 0. The molecule has 2 aliphatic heterocycles. The highest BCUT2D eigenvalue weighted by atomic mass is 16.5. The quantitative estimate of drug-likeness (QED) is 0.774. The van der Waals surface area contributed by atoms with Crippen LogP contribution in [-0.4, -0.2) is 68.3 Å². The molecule has 0 N–H and O–H groups in total. The fraction of sp³-hybridized carbons (Fsp3) is 0.611. The largest absolute Gasteiger partial charge is 0.494 e. The van der Waals surface area contributed by atoms with E-state index in [9.17, 15) is 4.79 Å². The number of amides is 1. The van der Waals surface area contributed by atoms with E-state index >= 15 is 0 Å². The Bertz CT molecular complexity index is 508. The molecular formula is C18H26N2O3. The fourth-order valence-electron chi connectivity index (χ4n) is 3.34. The third-order valence-electron chi connectivity index (χ3n) is 4.64. The molecule has 0 radical (unpaired) electrons. The second-order valence-electron chi connectivity index (χ2n) is 6.56. The van der Waals surface area contributed by atoms with Gasteiger partial charge >= 0.3 is 0 Å². The van der Waals surface area contributed by atoms with E-state index in [1.807, 2.05) is 35.2 Å². The number of likely N-dealkylation sites (N-methyl/N-ethyl adjacent to an activating group) is 1. The predicted octanol–water partition coefficient (Wildman–Crippen LogP) is 1.63. The van der Waals surface area contributed by atoms with Crippen LogP contribution in [0, 0.1) is 5.92 Å². The molecule has 3 rings (SSSR count). The predicted molar refractivity (Wildman–Crippen MR) is 88.5 cm³/mol. The number of hydrogen-bond acceptors (Lipinski definition) is 4. The summed E-state index contributed by atoms with van der Waals surface area (Å²) in [5.41, 5.74) is 0. The molecule has 5 heteroatoms. The summed E-state index contributed by atoms with van der Waals surface area (Å²) in [5.74, 6) is 1.54. The lowest BCUT2D eigenvalue weighted by Gasteiger charge is -2.29. The van der Waals surface area contributed by atoms with Crippen LogP contribution in [0.1, 0.15) is 12.8 Å². The van der Waals surface area contributed by atoms with Crippen LogP contribution < -0.4 is 4.74 Å². The second-order valence-corrected chi connectivity index (χ2v) is 6.56. The van der Waals surface area contributed by atoms with Crippen molar-refractivity contribution in [3.8, 4) is 5.75 Å². The van der Waals surface area contributed by atoms with Crippen LogP contribution in [0.4, 0.5) is 0 Å². The second kappa shape index (κ2) is 7.79. The van der Waals surface area contributed by atoms with Crippen molar-refractivity contribution in [2.24, 2.45) is 5.92 Å². The molecule has 1 aromatic carbocycles. The number of carbonyl (C=O) groups is 1. The number of nitrogens with zero attached hydrogens (tertiary/aromatic N) is 2. The van der Waals surface area contributed by atoms with Gasteiger partial charge in [0, 0.05) is 32.0 Å². The molecule has 2 saturated heterocycles. The molecular weight excluding hydrogens is 292 g/mol. The number of ether oxygens (including phenoxy) is 2. The third-order valence-corrected chi connectivity index (χ3v) is 4.64. The van der Waals surface area contributed by atoms with E-state index in [2.05, 4.69) is 11.9 Å². The highest BCUT2D eigenvalue weighted by molar-refractivity contribution is 5.76. The lowest BCUT2D eigenvalue weighted by molar-refractivity contribution is -0.133. The van der Waals surface area contributed by atoms with E-state index < -0.39 is 0 Å². The Morgan fingerprint density at radius 2 is 2.04 bits per heavy atom. The van der Waals surface area contributed by atoms with Gasteiger partial charge in [0.25, 0.3) is 0 Å². The van der Waals surface area contributed by atoms with Gasteiger partial charge in [0.1, 0.15) is 5.75 Å². The van der Waals surface area contributed by atoms with Gasteiger partial charge in [0.05, 0.1) is 25.9 Å². The first-order valence-corrected chi connectivity index (χ1v) is 8.46. The molecule has 2 aliphatic rings. The highest BCUT2D eigenvalue weighted by Crippen LogP contribution is 2.19. The van der Waals surface area contributed by atoms with Gasteiger partial charge in [-0.05, 0) is 25.6 Å². The van der Waals surface area contributed by atoms with Crippen LogP contribution >= 0.6 is 0 Å². The molecule has 5 nitrogen and oxygen atoms in total. The van der Waals surface area contributed by atoms with Crippen molar-refractivity contribution in [2.45, 2.75) is 18.9 Å². The Hall–Kier alpha value is -1.59. The number of carbonyl (C=O) groups excluding carboxylic acids is 1. The lowest BCUT2D eigenvalue weighted by Crippen LogP contribution is -2.44. The molecule has 0 spiro atoms. The van der Waals surface area contributed by atoms with E-state index in [0.717, 1.165) is 45.0 Å². The summed E-state index contributed by atoms with van der Waals surface area (Å²) in [6, 6.07) is 10.1. The van der Waals surface area contributed by atoms with Crippen LogP contribution in [0.25, 0.3) is 0 Å². The first-order valence-electron chi connectivity index (χ1n) is 8.46. The van der Waals surface area contributed by atoms with Crippen molar-refractivity contribution in [1.29, 1.82) is 0 Å². The van der Waals surface area contributed by atoms with E-state index in [4.69, 9.17) is 9.47 Å². The molecule has 0 unspecified atom stereocenters. The molecule has 2 atom stereocenters. The number of rotatable bonds is 5. The van der Waals surface area contributed by atoms with Gasteiger partial charge in [-0.1, -0.05) is 18.2 Å². The van der Waals surface area contributed by atoms with Gasteiger partial charge < -0.3 is 14.4 Å². The van der Waals surface area contributed by atoms with Crippen molar-refractivity contribution in [1.82, 2.24) is 9.80 Å². The van der Waals surface area contributed by atoms with Gasteiger partial charge in [-0.25, -0.2) is 0 Å². The standard InChI is InChI=1S/C18H26N2O3/c1-19-10-15-11-20(12-16(19)14-22-13-15)18(21)8-5-9-23-17-6-3-2-4-7-17/h2-4,6-7,15-16H,5,8-14H2,1H3/t15-,16+/m1/s1. The van der Waals surface area contributed by atoms with Crippen molar-refractivity contribution < 1.29 is 14.3 Å². The minimum absolute atomic E-state index is 0.244. The van der Waals surface area contributed by atoms with Crippen LogP contribution in [0.3, 0.4) is 0 Å². The number of benzene rings is 1. The average Bonchev–Trinajstić information content (AvgIpc) is 2.81. The zero-order valence-corrected chi connectivity index (χ0v) is 13.8. The zero-order chi connectivity index (χ0) is 16.1. The topological polar surface area (TPSA) is 42.0 Å². The SMILES string of the molecule is CN1C[C@H]2COC[C@@H]1CN(C(=O)CCCOc1ccccc1)C2. The van der Waals surface area contributed by atoms with E-state index in [1.165, 1.54) is 0 Å². The molecule has 2 bridgehead atoms. The summed E-state index contributed by atoms with van der Waals surface area (Å²) in [6.45, 7) is 4.70. The summed E-state index contributed by atoms with van der Waals surface area (Å²) in [4.78, 5) is 16.9. The van der Waals surface area contributed by atoms with Crippen LogP contribution in [0.5, 0.6) is 5.75 Å². The lowest BCUT2D eigenvalue weighted by atomic mass is 10.1. The Labute approximate surface area is 138 Å². The van der Waals surface area contributed by atoms with Crippen LogP contribution in [0.15, 0.2) is 30.3 Å². The molecule has 0 saturated carbocycles. The Kier molecular flexibility index (Phi) is 5.51. The van der Waals surface area contributed by atoms with Crippen molar-refractivity contribution in [3.05, 3.63) is 30.3 Å². The van der Waals surface area contributed by atoms with E-state index in [-0.39, 0.29) is 5.91 Å². The molecule has 1 aromatic rings. The maximum atomic E-state index is 12.5. The first-order chi connectivity index (χ1) is 11.2. The first kappa shape index (κ1) is 16.3. The highest BCUT2D eigenvalue weighted by Gasteiger charge is 2.32. The van der Waals surface area contributed by atoms with Gasteiger partial charge in [-0.15, -0.1) is 0 Å². The van der Waals surface area contributed by atoms with Gasteiger partial charge in [0.2, 0.25) is 5.91 Å². The molecule has 1 amide bonds. The van der Waals surface area contributed by atoms with Gasteiger partial charge in [0.15, 0.2) is 0 Å². The minimum atomic E-state index is 0.244. The smallest absolute Gasteiger partial charge is 0.222 e. The van der Waals surface area contributed by atoms with Gasteiger partial charge in [-0.2, -0.15) is 0 Å². The fourth-order valence-corrected chi connectivity index (χ4v) is 3.34. The maximum absolute atomic E-state index is 12.5. The maximum Gasteiger partial charge on any atom is 0.222 e. The van der Waals surface area contributed by atoms with Crippen molar-refractivity contribution >= 4 is 5.91 Å². The summed E-state index contributed by atoms with van der Waals surface area (Å²) >= 11 is 0. The summed E-state index contributed by atoms with van der Waals surface area (Å²) in [5, 5.41) is 0. The van der Waals surface area contributed by atoms with Crippen LogP contribution in [0.2, 0.25) is 0 Å². The van der Waals surface area contributed by atoms with Crippen molar-refractivity contribution in [2.75, 3.05) is 46.5 Å².